The monoisotopic (exact) mass is 364 g/mol. The molecule has 3 rings (SSSR count). The van der Waals surface area contributed by atoms with E-state index in [1.54, 1.807) is 20.5 Å². The van der Waals surface area contributed by atoms with Crippen LogP contribution in [0.25, 0.3) is 0 Å². The van der Waals surface area contributed by atoms with Gasteiger partial charge in [0.25, 0.3) is 0 Å². The van der Waals surface area contributed by atoms with Gasteiger partial charge in [-0.1, -0.05) is 11.6 Å². The molecule has 6 heteroatoms. The Balaban J connectivity index is 1.65. The standard InChI is InChI=1S/C19H25ClN2O3/c1-23-18-11-14(10-15(20)19(18)24-2)12-21-13-16(17-6-5-9-25-17)22-7-3-4-8-22/h5-6,9-11,16,21H,3-4,7-8,12-13H2,1-2H3. The van der Waals surface area contributed by atoms with Gasteiger partial charge in [-0.05, 0) is 55.8 Å². The van der Waals surface area contributed by atoms with E-state index in [9.17, 15) is 0 Å². The molecule has 25 heavy (non-hydrogen) atoms. The van der Waals surface area contributed by atoms with E-state index in [0.29, 0.717) is 23.1 Å². The number of furan rings is 1. The largest absolute Gasteiger partial charge is 0.493 e. The van der Waals surface area contributed by atoms with Gasteiger partial charge in [0.05, 0.1) is 31.5 Å². The van der Waals surface area contributed by atoms with E-state index in [2.05, 4.69) is 16.3 Å². The van der Waals surface area contributed by atoms with Crippen LogP contribution in [0.3, 0.4) is 0 Å². The quantitative estimate of drug-likeness (QED) is 0.770. The van der Waals surface area contributed by atoms with Gasteiger partial charge in [0.2, 0.25) is 0 Å². The second kappa shape index (κ2) is 8.61. The molecule has 1 atom stereocenters. The molecule has 0 amide bonds. The average molecular weight is 365 g/mol. The van der Waals surface area contributed by atoms with Crippen molar-refractivity contribution in [1.82, 2.24) is 10.2 Å². The summed E-state index contributed by atoms with van der Waals surface area (Å²) in [7, 11) is 3.21. The third kappa shape index (κ3) is 4.29. The number of nitrogens with one attached hydrogen (secondary N) is 1. The summed E-state index contributed by atoms with van der Waals surface area (Å²) < 4.78 is 16.3. The lowest BCUT2D eigenvalue weighted by atomic mass is 10.1. The Bertz CT molecular complexity index is 670. The van der Waals surface area contributed by atoms with Crippen molar-refractivity contribution in [1.29, 1.82) is 0 Å². The van der Waals surface area contributed by atoms with E-state index in [1.165, 1.54) is 12.8 Å². The summed E-state index contributed by atoms with van der Waals surface area (Å²) >= 11 is 6.28. The topological polar surface area (TPSA) is 46.9 Å². The number of ether oxygens (including phenoxy) is 2. The number of benzene rings is 1. The second-order valence-electron chi connectivity index (χ2n) is 6.22. The molecule has 1 aliphatic rings. The molecule has 0 bridgehead atoms. The number of hydrogen-bond donors (Lipinski definition) is 1. The van der Waals surface area contributed by atoms with Crippen molar-refractivity contribution in [3.8, 4) is 11.5 Å². The summed E-state index contributed by atoms with van der Waals surface area (Å²) in [5.41, 5.74) is 1.06. The van der Waals surface area contributed by atoms with Crippen LogP contribution in [0.2, 0.25) is 5.02 Å². The summed E-state index contributed by atoms with van der Waals surface area (Å²) in [6.07, 6.45) is 4.25. The van der Waals surface area contributed by atoms with Crippen molar-refractivity contribution in [2.24, 2.45) is 0 Å². The number of methoxy groups -OCH3 is 2. The first-order chi connectivity index (χ1) is 12.2. The van der Waals surface area contributed by atoms with Crippen LogP contribution in [0.15, 0.2) is 34.9 Å². The van der Waals surface area contributed by atoms with Crippen LogP contribution in [0.5, 0.6) is 11.5 Å². The fourth-order valence-electron chi connectivity index (χ4n) is 3.37. The lowest BCUT2D eigenvalue weighted by molar-refractivity contribution is 0.209. The highest BCUT2D eigenvalue weighted by atomic mass is 35.5. The van der Waals surface area contributed by atoms with Crippen molar-refractivity contribution in [2.75, 3.05) is 33.9 Å². The molecule has 5 nitrogen and oxygen atoms in total. The fourth-order valence-corrected chi connectivity index (χ4v) is 3.68. The van der Waals surface area contributed by atoms with Crippen molar-refractivity contribution in [2.45, 2.75) is 25.4 Å². The zero-order chi connectivity index (χ0) is 17.6. The molecular formula is C19H25ClN2O3. The molecule has 2 heterocycles. The Kier molecular flexibility index (Phi) is 6.24. The maximum Gasteiger partial charge on any atom is 0.179 e. The zero-order valence-electron chi connectivity index (χ0n) is 14.8. The van der Waals surface area contributed by atoms with E-state index in [-0.39, 0.29) is 6.04 Å². The van der Waals surface area contributed by atoms with Crippen molar-refractivity contribution in [3.63, 3.8) is 0 Å². The zero-order valence-corrected chi connectivity index (χ0v) is 15.5. The summed E-state index contributed by atoms with van der Waals surface area (Å²) in [4.78, 5) is 2.48. The van der Waals surface area contributed by atoms with Crippen LogP contribution in [0, 0.1) is 0 Å². The summed E-state index contributed by atoms with van der Waals surface area (Å²) in [5.74, 6) is 2.23. The Hall–Kier alpha value is -1.69. The minimum atomic E-state index is 0.258. The maximum atomic E-state index is 6.28. The van der Waals surface area contributed by atoms with E-state index >= 15 is 0 Å². The van der Waals surface area contributed by atoms with Gasteiger partial charge in [-0.15, -0.1) is 0 Å². The van der Waals surface area contributed by atoms with Crippen LogP contribution in [0.4, 0.5) is 0 Å². The number of halogens is 1. The molecule has 1 aliphatic heterocycles. The number of rotatable bonds is 8. The third-order valence-electron chi connectivity index (χ3n) is 4.61. The van der Waals surface area contributed by atoms with Gasteiger partial charge in [0.1, 0.15) is 5.76 Å². The van der Waals surface area contributed by atoms with Crippen molar-refractivity contribution < 1.29 is 13.9 Å². The van der Waals surface area contributed by atoms with E-state index in [4.69, 9.17) is 25.5 Å². The van der Waals surface area contributed by atoms with Gasteiger partial charge in [-0.3, -0.25) is 4.90 Å². The molecule has 1 fully saturated rings. The van der Waals surface area contributed by atoms with Gasteiger partial charge in [0.15, 0.2) is 11.5 Å². The Labute approximate surface area is 153 Å². The summed E-state index contributed by atoms with van der Waals surface area (Å²) in [6, 6.07) is 8.13. The molecule has 1 aromatic carbocycles. The van der Waals surface area contributed by atoms with Crippen LogP contribution in [-0.2, 0) is 6.54 Å². The normalized spacial score (nSPS) is 16.1. The van der Waals surface area contributed by atoms with Crippen LogP contribution in [-0.4, -0.2) is 38.8 Å². The first kappa shape index (κ1) is 18.1. The SMILES string of the molecule is COc1cc(CNCC(c2ccco2)N2CCCC2)cc(Cl)c1OC. The first-order valence-electron chi connectivity index (χ1n) is 8.61. The minimum Gasteiger partial charge on any atom is -0.493 e. The average Bonchev–Trinajstić information content (AvgIpc) is 3.32. The van der Waals surface area contributed by atoms with Crippen LogP contribution >= 0.6 is 11.6 Å². The lowest BCUT2D eigenvalue weighted by Crippen LogP contribution is -2.33. The van der Waals surface area contributed by atoms with Gasteiger partial charge in [-0.2, -0.15) is 0 Å². The molecule has 0 saturated carbocycles. The molecular weight excluding hydrogens is 340 g/mol. The van der Waals surface area contributed by atoms with Crippen molar-refractivity contribution in [3.05, 3.63) is 46.9 Å². The number of likely N-dealkylation sites (tertiary alicyclic amines) is 1. The second-order valence-corrected chi connectivity index (χ2v) is 6.63. The molecule has 1 unspecified atom stereocenters. The minimum absolute atomic E-state index is 0.258. The van der Waals surface area contributed by atoms with Gasteiger partial charge in [0, 0.05) is 13.1 Å². The van der Waals surface area contributed by atoms with Gasteiger partial charge in [-0.25, -0.2) is 0 Å². The summed E-state index contributed by atoms with van der Waals surface area (Å²) in [5, 5.41) is 4.08. The molecule has 1 saturated heterocycles. The Morgan fingerprint density at radius 1 is 1.24 bits per heavy atom. The Morgan fingerprint density at radius 2 is 2.04 bits per heavy atom. The predicted octanol–water partition coefficient (Wildman–Crippen LogP) is 3.88. The van der Waals surface area contributed by atoms with Crippen molar-refractivity contribution >= 4 is 11.6 Å². The van der Waals surface area contributed by atoms with Gasteiger partial charge >= 0.3 is 0 Å². The highest BCUT2D eigenvalue weighted by molar-refractivity contribution is 6.32. The Morgan fingerprint density at radius 3 is 2.68 bits per heavy atom. The summed E-state index contributed by atoms with van der Waals surface area (Å²) in [6.45, 7) is 3.76. The lowest BCUT2D eigenvalue weighted by Gasteiger charge is -2.26. The van der Waals surface area contributed by atoms with E-state index < -0.39 is 0 Å². The highest BCUT2D eigenvalue weighted by Crippen LogP contribution is 2.36. The maximum absolute atomic E-state index is 6.28. The molecule has 0 spiro atoms. The van der Waals surface area contributed by atoms with Crippen LogP contribution in [0.1, 0.15) is 30.2 Å². The highest BCUT2D eigenvalue weighted by Gasteiger charge is 2.25. The van der Waals surface area contributed by atoms with E-state index in [1.807, 2.05) is 18.2 Å². The smallest absolute Gasteiger partial charge is 0.179 e. The molecule has 0 aliphatic carbocycles. The fraction of sp³-hybridized carbons (Fsp3) is 0.474. The molecule has 1 aromatic heterocycles. The van der Waals surface area contributed by atoms with E-state index in [0.717, 1.165) is 31.0 Å². The first-order valence-corrected chi connectivity index (χ1v) is 8.99. The van der Waals surface area contributed by atoms with Crippen LogP contribution < -0.4 is 14.8 Å². The number of nitrogens with zero attached hydrogens (tertiary/aromatic N) is 1. The number of hydrogen-bond acceptors (Lipinski definition) is 5. The molecule has 136 valence electrons. The molecule has 1 N–H and O–H groups in total. The molecule has 2 aromatic rings. The molecule has 0 radical (unpaired) electrons. The van der Waals surface area contributed by atoms with Gasteiger partial charge < -0.3 is 19.2 Å². The predicted molar refractivity (Wildman–Crippen MR) is 98.5 cm³/mol. The third-order valence-corrected chi connectivity index (χ3v) is 4.89.